The quantitative estimate of drug-likeness (QED) is 0.220. The lowest BCUT2D eigenvalue weighted by Gasteiger charge is -2.25. The molecule has 3 rings (SSSR count). The number of halogens is 2. The second-order valence-corrected chi connectivity index (χ2v) is 11.6. The molecule has 0 bridgehead atoms. The molecule has 0 aliphatic rings. The van der Waals surface area contributed by atoms with Crippen molar-refractivity contribution in [3.8, 4) is 11.1 Å². The lowest BCUT2D eigenvalue weighted by Crippen LogP contribution is -2.50. The molecule has 3 aromatic rings. The number of fused-ring (bicyclic) bond motifs is 1. The number of unbranched alkanes of at least 4 members (excludes halogenated alkanes) is 1. The highest BCUT2D eigenvalue weighted by atomic mass is 32.2. The zero-order valence-electron chi connectivity index (χ0n) is 20.9. The van der Waals surface area contributed by atoms with Gasteiger partial charge in [0.25, 0.3) is 11.5 Å². The van der Waals surface area contributed by atoms with Gasteiger partial charge in [-0.05, 0) is 61.9 Å². The molecule has 1 amide bonds. The van der Waals surface area contributed by atoms with Crippen molar-refractivity contribution in [2.75, 3.05) is 20.0 Å². The lowest BCUT2D eigenvalue weighted by atomic mass is 9.98. The number of hydrogen-bond donors (Lipinski definition) is 2. The van der Waals surface area contributed by atoms with Gasteiger partial charge in [-0.15, -0.1) is 0 Å². The predicted octanol–water partition coefficient (Wildman–Crippen LogP) is 3.61. The summed E-state index contributed by atoms with van der Waals surface area (Å²) in [5, 5.41) is 8.97. The van der Waals surface area contributed by atoms with E-state index in [1.54, 1.807) is 13.2 Å². The van der Waals surface area contributed by atoms with Crippen molar-refractivity contribution in [1.29, 1.82) is 0 Å². The van der Waals surface area contributed by atoms with Crippen molar-refractivity contribution >= 4 is 26.5 Å². The highest BCUT2D eigenvalue weighted by Crippen LogP contribution is 2.28. The van der Waals surface area contributed by atoms with E-state index in [0.29, 0.717) is 18.6 Å². The van der Waals surface area contributed by atoms with Crippen LogP contribution in [0.25, 0.3) is 21.9 Å². The molecular weight excluding hydrogens is 506 g/mol. The summed E-state index contributed by atoms with van der Waals surface area (Å²) >= 11 is 0. The van der Waals surface area contributed by atoms with Crippen LogP contribution in [0.2, 0.25) is 0 Å². The third-order valence-corrected chi connectivity index (χ3v) is 8.70. The Kier molecular flexibility index (Phi) is 8.83. The molecule has 0 saturated carbocycles. The van der Waals surface area contributed by atoms with Crippen LogP contribution in [0, 0.1) is 11.6 Å². The van der Waals surface area contributed by atoms with E-state index in [0.717, 1.165) is 42.3 Å². The summed E-state index contributed by atoms with van der Waals surface area (Å²) in [5.41, 5.74) is 2.24. The predicted molar refractivity (Wildman–Crippen MR) is 136 cm³/mol. The van der Waals surface area contributed by atoms with Crippen LogP contribution in [0.15, 0.2) is 47.4 Å². The van der Waals surface area contributed by atoms with Crippen LogP contribution in [-0.4, -0.2) is 48.8 Å². The Morgan fingerprint density at radius 1 is 1.11 bits per heavy atom. The standard InChI is InChI=1S/C26H30F2N2O6S/c1-26(25(32)29-33,37(3,34)35)11-12-30-16-23(28)21-15-18(8-10-20(21)24(30)31)19-9-7-17(14-22(19)27)6-4-5-13-36-2/h7-10,14-16,33H,4-6,11-13H2,1-3H3,(H,29,32)/t26-/m1/s1. The molecule has 0 unspecified atom stereocenters. The van der Waals surface area contributed by atoms with Crippen molar-refractivity contribution < 1.29 is 31.9 Å². The molecular formula is C26H30F2N2O6S. The topological polar surface area (TPSA) is 115 Å². The zero-order valence-corrected chi connectivity index (χ0v) is 21.7. The number of pyridine rings is 1. The van der Waals surface area contributed by atoms with Crippen molar-refractivity contribution in [2.45, 2.75) is 43.9 Å². The minimum absolute atomic E-state index is 0.0132. The number of hydrogen-bond acceptors (Lipinski definition) is 6. The minimum atomic E-state index is -3.99. The SMILES string of the molecule is COCCCCc1ccc(-c2ccc3c(=O)n(CC[C@](C)(C(=O)NO)S(C)(=O)=O)cc(F)c3c2)c(F)c1. The van der Waals surface area contributed by atoms with Crippen LogP contribution in [0.1, 0.15) is 31.7 Å². The second kappa shape index (κ2) is 11.5. The molecule has 0 aliphatic heterocycles. The van der Waals surface area contributed by atoms with Crippen LogP contribution in [0.3, 0.4) is 0 Å². The Labute approximate surface area is 213 Å². The summed E-state index contributed by atoms with van der Waals surface area (Å²) < 4.78 is 58.2. The van der Waals surface area contributed by atoms with Gasteiger partial charge in [0, 0.05) is 43.7 Å². The van der Waals surface area contributed by atoms with Gasteiger partial charge in [-0.3, -0.25) is 14.8 Å². The first kappa shape index (κ1) is 28.4. The summed E-state index contributed by atoms with van der Waals surface area (Å²) in [6.07, 6.45) is 3.79. The number of amides is 1. The second-order valence-electron chi connectivity index (χ2n) is 9.19. The fraction of sp³-hybridized carbons (Fsp3) is 0.385. The first-order valence-corrected chi connectivity index (χ1v) is 13.6. The normalized spacial score (nSPS) is 13.5. The summed E-state index contributed by atoms with van der Waals surface area (Å²) in [6, 6.07) is 9.18. The maximum absolute atomic E-state index is 15.1. The van der Waals surface area contributed by atoms with Gasteiger partial charge in [-0.25, -0.2) is 22.7 Å². The van der Waals surface area contributed by atoms with Gasteiger partial charge in [0.15, 0.2) is 14.6 Å². The van der Waals surface area contributed by atoms with Gasteiger partial charge in [-0.1, -0.05) is 18.2 Å². The molecule has 1 heterocycles. The summed E-state index contributed by atoms with van der Waals surface area (Å²) in [7, 11) is -2.36. The molecule has 37 heavy (non-hydrogen) atoms. The summed E-state index contributed by atoms with van der Waals surface area (Å²) in [4.78, 5) is 25.0. The number of methoxy groups -OCH3 is 1. The van der Waals surface area contributed by atoms with Gasteiger partial charge in [0.1, 0.15) is 11.6 Å². The number of aryl methyl sites for hydroxylation is 2. The number of hydroxylamine groups is 1. The van der Waals surface area contributed by atoms with Crippen LogP contribution in [0.4, 0.5) is 8.78 Å². The average molecular weight is 537 g/mol. The van der Waals surface area contributed by atoms with Crippen LogP contribution < -0.4 is 11.0 Å². The molecule has 11 heteroatoms. The Balaban J connectivity index is 1.91. The molecule has 0 aliphatic carbocycles. The van der Waals surface area contributed by atoms with Gasteiger partial charge < -0.3 is 9.30 Å². The number of nitrogens with zero attached hydrogens (tertiary/aromatic N) is 1. The summed E-state index contributed by atoms with van der Waals surface area (Å²) in [5.74, 6) is -2.38. The molecule has 2 N–H and O–H groups in total. The van der Waals surface area contributed by atoms with E-state index in [9.17, 15) is 22.4 Å². The third kappa shape index (κ3) is 6.06. The van der Waals surface area contributed by atoms with Crippen molar-refractivity contribution in [2.24, 2.45) is 0 Å². The van der Waals surface area contributed by atoms with Crippen LogP contribution >= 0.6 is 0 Å². The number of benzene rings is 2. The highest BCUT2D eigenvalue weighted by Gasteiger charge is 2.43. The maximum Gasteiger partial charge on any atom is 0.264 e. The van der Waals surface area contributed by atoms with Crippen LogP contribution in [0.5, 0.6) is 0 Å². The average Bonchev–Trinajstić information content (AvgIpc) is 2.86. The van der Waals surface area contributed by atoms with E-state index < -0.39 is 37.7 Å². The first-order chi connectivity index (χ1) is 17.4. The van der Waals surface area contributed by atoms with Crippen LogP contribution in [-0.2, 0) is 32.3 Å². The van der Waals surface area contributed by atoms with Gasteiger partial charge in [0.05, 0.1) is 5.39 Å². The van der Waals surface area contributed by atoms with Gasteiger partial charge in [-0.2, -0.15) is 0 Å². The fourth-order valence-electron chi connectivity index (χ4n) is 4.12. The lowest BCUT2D eigenvalue weighted by molar-refractivity contribution is -0.131. The minimum Gasteiger partial charge on any atom is -0.385 e. The largest absolute Gasteiger partial charge is 0.385 e. The van der Waals surface area contributed by atoms with Crippen molar-refractivity contribution in [3.05, 3.63) is 70.1 Å². The van der Waals surface area contributed by atoms with E-state index in [2.05, 4.69) is 0 Å². The molecule has 0 radical (unpaired) electrons. The number of sulfone groups is 1. The fourth-order valence-corrected chi connectivity index (χ4v) is 4.97. The number of carbonyl (C=O) groups is 1. The Bertz CT molecular complexity index is 1470. The number of carbonyl (C=O) groups excluding carboxylic acids is 1. The molecule has 200 valence electrons. The van der Waals surface area contributed by atoms with Gasteiger partial charge >= 0.3 is 0 Å². The highest BCUT2D eigenvalue weighted by molar-refractivity contribution is 7.92. The van der Waals surface area contributed by atoms with Gasteiger partial charge in [0.2, 0.25) is 0 Å². The number of rotatable bonds is 11. The third-order valence-electron chi connectivity index (χ3n) is 6.68. The van der Waals surface area contributed by atoms with E-state index in [4.69, 9.17) is 9.94 Å². The van der Waals surface area contributed by atoms with E-state index >= 15 is 4.39 Å². The Hall–Kier alpha value is -3.15. The first-order valence-electron chi connectivity index (χ1n) is 11.7. The van der Waals surface area contributed by atoms with Crippen molar-refractivity contribution in [3.63, 3.8) is 0 Å². The molecule has 2 aromatic carbocycles. The molecule has 1 aromatic heterocycles. The maximum atomic E-state index is 15.1. The number of ether oxygens (including phenoxy) is 1. The van der Waals surface area contributed by atoms with E-state index in [-0.39, 0.29) is 29.3 Å². The zero-order chi connectivity index (χ0) is 27.4. The molecule has 0 saturated heterocycles. The number of aromatic nitrogens is 1. The Morgan fingerprint density at radius 3 is 2.46 bits per heavy atom. The van der Waals surface area contributed by atoms with E-state index in [1.165, 1.54) is 29.7 Å². The van der Waals surface area contributed by atoms with E-state index in [1.807, 2.05) is 6.07 Å². The summed E-state index contributed by atoms with van der Waals surface area (Å²) in [6.45, 7) is 1.45. The molecule has 0 fully saturated rings. The Morgan fingerprint density at radius 2 is 1.84 bits per heavy atom. The van der Waals surface area contributed by atoms with Crippen molar-refractivity contribution in [1.82, 2.24) is 10.0 Å². The monoisotopic (exact) mass is 536 g/mol. The molecule has 8 nitrogen and oxygen atoms in total. The molecule has 1 atom stereocenters. The smallest absolute Gasteiger partial charge is 0.264 e. The number of nitrogens with one attached hydrogen (secondary N) is 1. The molecule has 0 spiro atoms.